The van der Waals surface area contributed by atoms with Crippen molar-refractivity contribution in [3.05, 3.63) is 53.4 Å². The van der Waals surface area contributed by atoms with Crippen molar-refractivity contribution < 1.29 is 41.3 Å². The number of aromatic nitrogens is 1. The number of methoxy groups -OCH3 is 1. The summed E-state index contributed by atoms with van der Waals surface area (Å²) in [5.41, 5.74) is -2.13. The molecule has 0 bridgehead atoms. The number of carbonyl (C=O) groups excluding carboxylic acids is 1. The van der Waals surface area contributed by atoms with Crippen LogP contribution in [0.5, 0.6) is 5.75 Å². The number of ether oxygens (including phenoxy) is 2. The van der Waals surface area contributed by atoms with Crippen LogP contribution in [-0.4, -0.2) is 47.1 Å². The fourth-order valence-electron chi connectivity index (χ4n) is 4.25. The molecular weight excluding hydrogens is 475 g/mol. The molecule has 2 N–H and O–H groups in total. The predicted molar refractivity (Wildman–Crippen MR) is 117 cm³/mol. The molecular formula is C24H27F5N2O4. The van der Waals surface area contributed by atoms with Crippen molar-refractivity contribution in [3.63, 3.8) is 0 Å². The molecule has 6 nitrogen and oxygen atoms in total. The number of rotatable bonds is 6. The van der Waals surface area contributed by atoms with Crippen molar-refractivity contribution in [2.75, 3.05) is 12.4 Å². The maximum absolute atomic E-state index is 14.4. The highest BCUT2D eigenvalue weighted by molar-refractivity contribution is 5.95. The molecule has 2 heterocycles. The van der Waals surface area contributed by atoms with Gasteiger partial charge in [0.25, 0.3) is 5.91 Å². The summed E-state index contributed by atoms with van der Waals surface area (Å²) in [6, 6.07) is 4.93. The molecule has 1 aliphatic rings. The Morgan fingerprint density at radius 3 is 2.40 bits per heavy atom. The van der Waals surface area contributed by atoms with Crippen molar-refractivity contribution >= 4 is 11.6 Å². The molecule has 1 saturated heterocycles. The molecule has 1 aromatic heterocycles. The molecule has 1 amide bonds. The fourth-order valence-corrected chi connectivity index (χ4v) is 4.25. The maximum Gasteiger partial charge on any atom is 0.417 e. The summed E-state index contributed by atoms with van der Waals surface area (Å²) in [7, 11) is 1.06. The molecule has 6 atom stereocenters. The number of hydrogen-bond acceptors (Lipinski definition) is 5. The Morgan fingerprint density at radius 2 is 1.89 bits per heavy atom. The molecule has 0 aliphatic carbocycles. The average molecular weight is 502 g/mol. The number of benzene rings is 1. The Balaban J connectivity index is 1.99. The highest BCUT2D eigenvalue weighted by Gasteiger charge is 2.65. The number of alkyl halides is 3. The number of nitrogens with one attached hydrogen (secondary N) is 1. The lowest BCUT2D eigenvalue weighted by Crippen LogP contribution is -2.47. The van der Waals surface area contributed by atoms with Crippen LogP contribution < -0.4 is 10.1 Å². The SMILES string of the molecule is COc1c([C@H]2[C@H](C(=O)Nc3ccc([C@H](C)[C@H](C)O)nc3)O[C@@](C)(C(F)(F)F)[C@H]2C)ccc(F)c1F. The zero-order valence-electron chi connectivity index (χ0n) is 19.8. The fraction of sp³-hybridized carbons (Fsp3) is 0.500. The van der Waals surface area contributed by atoms with Crippen LogP contribution in [-0.2, 0) is 9.53 Å². The van der Waals surface area contributed by atoms with Crippen LogP contribution in [0.2, 0.25) is 0 Å². The van der Waals surface area contributed by atoms with Crippen molar-refractivity contribution in [1.29, 1.82) is 0 Å². The number of nitrogens with zero attached hydrogens (tertiary/aromatic N) is 1. The summed E-state index contributed by atoms with van der Waals surface area (Å²) in [4.78, 5) is 17.3. The van der Waals surface area contributed by atoms with E-state index in [1.54, 1.807) is 19.9 Å². The quantitative estimate of drug-likeness (QED) is 0.548. The Bertz CT molecular complexity index is 1080. The van der Waals surface area contributed by atoms with Crippen LogP contribution >= 0.6 is 0 Å². The number of halogens is 5. The number of carbonyl (C=O) groups is 1. The Hall–Kier alpha value is -2.79. The minimum atomic E-state index is -4.86. The summed E-state index contributed by atoms with van der Waals surface area (Å²) < 4.78 is 80.5. The van der Waals surface area contributed by atoms with E-state index in [0.29, 0.717) is 5.69 Å². The standard InChI is InChI=1S/C24H27F5N2O4/c1-11(13(3)32)17-9-6-14(10-30-17)31-22(33)21-18(12(2)23(4,35-21)24(27,28)29)15-7-8-16(25)19(26)20(15)34-5/h6-13,18,21,32H,1-5H3,(H,31,33)/t11-,12+,13+,18+,21-,23-/m1/s1. The molecule has 11 heteroatoms. The number of hydrogen-bond donors (Lipinski definition) is 2. The van der Waals surface area contributed by atoms with Crippen LogP contribution in [0.15, 0.2) is 30.5 Å². The normalized spacial score (nSPS) is 26.3. The minimum Gasteiger partial charge on any atom is -0.493 e. The van der Waals surface area contributed by atoms with Gasteiger partial charge >= 0.3 is 6.18 Å². The summed E-state index contributed by atoms with van der Waals surface area (Å²) in [5, 5.41) is 12.2. The first kappa shape index (κ1) is 26.8. The molecule has 3 rings (SSSR count). The molecule has 2 aromatic rings. The van der Waals surface area contributed by atoms with Gasteiger partial charge in [0.05, 0.1) is 25.1 Å². The van der Waals surface area contributed by atoms with E-state index in [0.717, 1.165) is 26.2 Å². The van der Waals surface area contributed by atoms with E-state index in [4.69, 9.17) is 9.47 Å². The van der Waals surface area contributed by atoms with E-state index in [2.05, 4.69) is 10.3 Å². The smallest absolute Gasteiger partial charge is 0.417 e. The van der Waals surface area contributed by atoms with Crippen LogP contribution in [0.4, 0.5) is 27.6 Å². The lowest BCUT2D eigenvalue weighted by Gasteiger charge is -2.32. The van der Waals surface area contributed by atoms with Gasteiger partial charge in [0.1, 0.15) is 6.10 Å². The summed E-state index contributed by atoms with van der Waals surface area (Å²) in [6.45, 7) is 5.42. The van der Waals surface area contributed by atoms with Gasteiger partial charge in [-0.05, 0) is 32.0 Å². The van der Waals surface area contributed by atoms with Crippen molar-refractivity contribution in [3.8, 4) is 5.75 Å². The molecule has 1 fully saturated rings. The van der Waals surface area contributed by atoms with Crippen molar-refractivity contribution in [2.24, 2.45) is 5.92 Å². The molecule has 192 valence electrons. The van der Waals surface area contributed by atoms with Crippen LogP contribution in [0.3, 0.4) is 0 Å². The molecule has 0 spiro atoms. The number of aliphatic hydroxyl groups excluding tert-OH is 1. The largest absolute Gasteiger partial charge is 0.493 e. The van der Waals surface area contributed by atoms with Crippen LogP contribution in [0.25, 0.3) is 0 Å². The summed E-state index contributed by atoms with van der Waals surface area (Å²) >= 11 is 0. The zero-order valence-corrected chi connectivity index (χ0v) is 19.8. The van der Waals surface area contributed by atoms with Gasteiger partial charge in [0.2, 0.25) is 5.82 Å². The predicted octanol–water partition coefficient (Wildman–Crippen LogP) is 4.93. The lowest BCUT2D eigenvalue weighted by atomic mass is 9.77. The lowest BCUT2D eigenvalue weighted by molar-refractivity contribution is -0.272. The number of aliphatic hydroxyl groups is 1. The van der Waals surface area contributed by atoms with Crippen LogP contribution in [0, 0.1) is 17.6 Å². The number of pyridine rings is 1. The van der Waals surface area contributed by atoms with Gasteiger partial charge in [-0.25, -0.2) is 4.39 Å². The van der Waals surface area contributed by atoms with Crippen molar-refractivity contribution in [2.45, 2.75) is 63.5 Å². The third-order valence-corrected chi connectivity index (χ3v) is 6.81. The highest BCUT2D eigenvalue weighted by Crippen LogP contribution is 2.55. The van der Waals surface area contributed by atoms with Gasteiger partial charge in [-0.15, -0.1) is 0 Å². The van der Waals surface area contributed by atoms with E-state index in [1.807, 2.05) is 0 Å². The second kappa shape index (κ2) is 9.69. The highest BCUT2D eigenvalue weighted by atomic mass is 19.4. The Labute approximate surface area is 199 Å². The zero-order chi connectivity index (χ0) is 26.3. The van der Waals surface area contributed by atoms with Gasteiger partial charge in [-0.2, -0.15) is 17.6 Å². The summed E-state index contributed by atoms with van der Waals surface area (Å²) in [6.07, 6.45) is -5.92. The van der Waals surface area contributed by atoms with Gasteiger partial charge in [0.15, 0.2) is 17.2 Å². The Kier molecular flexibility index (Phi) is 7.42. The first-order chi connectivity index (χ1) is 16.2. The first-order valence-corrected chi connectivity index (χ1v) is 10.9. The molecule has 0 radical (unpaired) electrons. The molecule has 1 aliphatic heterocycles. The number of amides is 1. The molecule has 35 heavy (non-hydrogen) atoms. The third kappa shape index (κ3) is 4.84. The molecule has 1 aromatic carbocycles. The van der Waals surface area contributed by atoms with Gasteiger partial charge in [0, 0.05) is 29.0 Å². The second-order valence-electron chi connectivity index (χ2n) is 8.93. The third-order valence-electron chi connectivity index (χ3n) is 6.81. The van der Waals surface area contributed by atoms with Crippen molar-refractivity contribution in [1.82, 2.24) is 4.98 Å². The van der Waals surface area contributed by atoms with Crippen LogP contribution in [0.1, 0.15) is 50.8 Å². The molecule has 0 saturated carbocycles. The summed E-state index contributed by atoms with van der Waals surface area (Å²) in [5.74, 6) is -7.07. The monoisotopic (exact) mass is 502 g/mol. The Morgan fingerprint density at radius 1 is 1.23 bits per heavy atom. The van der Waals surface area contributed by atoms with Gasteiger partial charge < -0.3 is 19.9 Å². The van der Waals surface area contributed by atoms with E-state index in [1.165, 1.54) is 19.2 Å². The van der Waals surface area contributed by atoms with Gasteiger partial charge in [-0.1, -0.05) is 19.9 Å². The topological polar surface area (TPSA) is 80.7 Å². The number of anilines is 1. The van der Waals surface area contributed by atoms with E-state index in [-0.39, 0.29) is 17.2 Å². The van der Waals surface area contributed by atoms with E-state index < -0.39 is 59.1 Å². The minimum absolute atomic E-state index is 0.119. The second-order valence-corrected chi connectivity index (χ2v) is 8.93. The van der Waals surface area contributed by atoms with E-state index in [9.17, 15) is 31.9 Å². The van der Waals surface area contributed by atoms with Gasteiger partial charge in [-0.3, -0.25) is 9.78 Å². The van der Waals surface area contributed by atoms with E-state index >= 15 is 0 Å². The molecule has 0 unspecified atom stereocenters. The average Bonchev–Trinajstić information content (AvgIpc) is 3.07. The maximum atomic E-state index is 14.4. The first-order valence-electron chi connectivity index (χ1n) is 10.9.